The summed E-state index contributed by atoms with van der Waals surface area (Å²) < 4.78 is 78.0. The van der Waals surface area contributed by atoms with Crippen molar-refractivity contribution in [1.82, 2.24) is 14.9 Å². The number of benzene rings is 2. The lowest BCUT2D eigenvalue weighted by Gasteiger charge is -2.33. The fourth-order valence-corrected chi connectivity index (χ4v) is 8.12. The summed E-state index contributed by atoms with van der Waals surface area (Å²) in [5, 5.41) is 3.78. The Kier molecular flexibility index (Phi) is 29.9. The van der Waals surface area contributed by atoms with Gasteiger partial charge in [-0.3, -0.25) is 0 Å². The Morgan fingerprint density at radius 2 is 1.19 bits per heavy atom. The zero-order valence-electron chi connectivity index (χ0n) is 36.9. The SMILES string of the molecule is CCCCCCCCOCCOCCOCCOCCCOCCOC(=O)NCCOCCOCCOCCNS(=O)(=O)c1cccc([C@@H]2CN(C)Cc3c(Cl)cc(Cl)cc32)c1. The van der Waals surface area contributed by atoms with Gasteiger partial charge in [0.15, 0.2) is 0 Å². The standard InChI is InChI=1S/C44H71Cl2N3O12S/c1-3-4-5-6-7-8-15-53-20-24-58-28-29-59-25-21-54-16-10-17-55-30-31-61-44(50)47-13-18-56-22-26-60-27-23-57-19-14-48-62(51,52)39-12-9-11-37(32-39)41-35-49(2)36-42-40(41)33-38(45)34-43(42)46/h9,11-12,32-34,41,48H,3-8,10,13-31,35-36H2,1-2H3,(H,47,50)/t41-/m0/s1. The Hall–Kier alpha value is -2.16. The highest BCUT2D eigenvalue weighted by molar-refractivity contribution is 7.89. The van der Waals surface area contributed by atoms with Crippen LogP contribution in [0.2, 0.25) is 10.0 Å². The van der Waals surface area contributed by atoms with Gasteiger partial charge in [0.25, 0.3) is 0 Å². The predicted molar refractivity (Wildman–Crippen MR) is 240 cm³/mol. The van der Waals surface area contributed by atoms with Gasteiger partial charge in [0, 0.05) is 62.0 Å². The molecule has 15 nitrogen and oxygen atoms in total. The van der Waals surface area contributed by atoms with Crippen LogP contribution in [0.1, 0.15) is 74.5 Å². The summed E-state index contributed by atoms with van der Waals surface area (Å²) in [6, 6.07) is 10.6. The molecular weight excluding hydrogens is 865 g/mol. The normalized spacial score (nSPS) is 14.3. The first-order chi connectivity index (χ1) is 30.2. The number of unbranched alkanes of at least 4 members (excludes halogenated alkanes) is 5. The smallest absolute Gasteiger partial charge is 0.407 e. The Labute approximate surface area is 380 Å². The van der Waals surface area contributed by atoms with Crippen molar-refractivity contribution in [3.8, 4) is 0 Å². The first-order valence-corrected chi connectivity index (χ1v) is 24.2. The quantitative estimate of drug-likeness (QED) is 0.0707. The number of rotatable bonds is 38. The van der Waals surface area contributed by atoms with Crippen LogP contribution in [0.5, 0.6) is 0 Å². The molecule has 0 spiro atoms. The Balaban J connectivity index is 1.04. The zero-order chi connectivity index (χ0) is 44.5. The third-order valence-electron chi connectivity index (χ3n) is 9.66. The van der Waals surface area contributed by atoms with Gasteiger partial charge >= 0.3 is 6.09 Å². The molecule has 1 heterocycles. The fourth-order valence-electron chi connectivity index (χ4n) is 6.48. The molecule has 0 bridgehead atoms. The summed E-state index contributed by atoms with van der Waals surface area (Å²) in [6.07, 6.45) is 7.77. The van der Waals surface area contributed by atoms with E-state index in [4.69, 9.17) is 65.8 Å². The first kappa shape index (κ1) is 54.2. The third-order valence-corrected chi connectivity index (χ3v) is 11.7. The lowest BCUT2D eigenvalue weighted by molar-refractivity contribution is -0.00516. The minimum Gasteiger partial charge on any atom is -0.447 e. The number of carbonyl (C=O) groups excluding carboxylic acids is 1. The Bertz CT molecular complexity index is 1600. The molecule has 18 heteroatoms. The highest BCUT2D eigenvalue weighted by Gasteiger charge is 2.28. The number of nitrogens with zero attached hydrogens (tertiary/aromatic N) is 1. The molecule has 1 atom stereocenters. The van der Waals surface area contributed by atoms with E-state index in [9.17, 15) is 13.2 Å². The maximum atomic E-state index is 13.1. The summed E-state index contributed by atoms with van der Waals surface area (Å²) in [5.74, 6) is -0.0751. The number of sulfonamides is 1. The van der Waals surface area contributed by atoms with Crippen LogP contribution in [-0.2, 0) is 59.2 Å². The number of fused-ring (bicyclic) bond motifs is 1. The Morgan fingerprint density at radius 1 is 0.661 bits per heavy atom. The van der Waals surface area contributed by atoms with Crippen molar-refractivity contribution in [2.24, 2.45) is 0 Å². The molecule has 1 aliphatic heterocycles. The van der Waals surface area contributed by atoms with E-state index < -0.39 is 16.1 Å². The molecule has 0 fully saturated rings. The van der Waals surface area contributed by atoms with Crippen LogP contribution in [0, 0.1) is 0 Å². The van der Waals surface area contributed by atoms with Gasteiger partial charge in [0.2, 0.25) is 10.0 Å². The summed E-state index contributed by atoms with van der Waals surface area (Å²) in [6.45, 7) is 11.4. The van der Waals surface area contributed by atoms with Crippen LogP contribution in [-0.4, -0.2) is 158 Å². The number of halogens is 2. The van der Waals surface area contributed by atoms with E-state index >= 15 is 0 Å². The molecule has 354 valence electrons. The van der Waals surface area contributed by atoms with Crippen molar-refractivity contribution < 1.29 is 55.8 Å². The van der Waals surface area contributed by atoms with Gasteiger partial charge in [-0.25, -0.2) is 17.9 Å². The predicted octanol–water partition coefficient (Wildman–Crippen LogP) is 6.46. The van der Waals surface area contributed by atoms with Crippen molar-refractivity contribution in [3.05, 3.63) is 63.1 Å². The lowest BCUT2D eigenvalue weighted by Crippen LogP contribution is -2.31. The molecule has 0 radical (unpaired) electrons. The molecule has 0 aliphatic carbocycles. The molecule has 0 aromatic heterocycles. The van der Waals surface area contributed by atoms with Crippen LogP contribution >= 0.6 is 23.2 Å². The molecule has 62 heavy (non-hydrogen) atoms. The fraction of sp³-hybridized carbons (Fsp3) is 0.705. The van der Waals surface area contributed by atoms with E-state index in [-0.39, 0.29) is 30.6 Å². The number of alkyl carbamates (subject to hydrolysis) is 1. The average molecular weight is 937 g/mol. The van der Waals surface area contributed by atoms with Crippen LogP contribution < -0.4 is 10.0 Å². The minimum absolute atomic E-state index is 0.0751. The topological polar surface area (TPSA) is 162 Å². The second-order valence-corrected chi connectivity index (χ2v) is 17.4. The highest BCUT2D eigenvalue weighted by Crippen LogP contribution is 2.38. The van der Waals surface area contributed by atoms with Crippen LogP contribution in [0.4, 0.5) is 4.79 Å². The van der Waals surface area contributed by atoms with E-state index in [0.29, 0.717) is 122 Å². The summed E-state index contributed by atoms with van der Waals surface area (Å²) in [5.41, 5.74) is 2.88. The minimum atomic E-state index is -3.76. The molecule has 1 aliphatic rings. The number of nitrogens with one attached hydrogen (secondary N) is 2. The maximum Gasteiger partial charge on any atom is 0.407 e. The van der Waals surface area contributed by atoms with Crippen molar-refractivity contribution >= 4 is 39.3 Å². The average Bonchev–Trinajstić information content (AvgIpc) is 3.25. The van der Waals surface area contributed by atoms with E-state index in [2.05, 4.69) is 21.9 Å². The van der Waals surface area contributed by atoms with E-state index in [0.717, 1.165) is 36.1 Å². The Morgan fingerprint density at radius 3 is 1.82 bits per heavy atom. The van der Waals surface area contributed by atoms with Gasteiger partial charge in [-0.1, -0.05) is 74.4 Å². The van der Waals surface area contributed by atoms with Crippen molar-refractivity contribution in [1.29, 1.82) is 0 Å². The first-order valence-electron chi connectivity index (χ1n) is 22.0. The highest BCUT2D eigenvalue weighted by atomic mass is 35.5. The second-order valence-electron chi connectivity index (χ2n) is 14.8. The zero-order valence-corrected chi connectivity index (χ0v) is 39.2. The third kappa shape index (κ3) is 24.2. The summed E-state index contributed by atoms with van der Waals surface area (Å²) >= 11 is 12.8. The van der Waals surface area contributed by atoms with Gasteiger partial charge in [-0.2, -0.15) is 0 Å². The van der Waals surface area contributed by atoms with Gasteiger partial charge < -0.3 is 52.8 Å². The van der Waals surface area contributed by atoms with Crippen LogP contribution in [0.3, 0.4) is 0 Å². The largest absolute Gasteiger partial charge is 0.447 e. The van der Waals surface area contributed by atoms with Gasteiger partial charge in [0.05, 0.1) is 90.8 Å². The van der Waals surface area contributed by atoms with E-state index in [1.54, 1.807) is 24.3 Å². The molecule has 2 aromatic rings. The second kappa shape index (κ2) is 34.2. The number of hydrogen-bond acceptors (Lipinski definition) is 13. The monoisotopic (exact) mass is 935 g/mol. The summed E-state index contributed by atoms with van der Waals surface area (Å²) in [4.78, 5) is 14.2. The van der Waals surface area contributed by atoms with E-state index in [1.807, 2.05) is 19.2 Å². The lowest BCUT2D eigenvalue weighted by atomic mass is 9.85. The van der Waals surface area contributed by atoms with Crippen molar-refractivity contribution in [3.63, 3.8) is 0 Å². The van der Waals surface area contributed by atoms with Gasteiger partial charge in [-0.05, 0) is 60.8 Å². The van der Waals surface area contributed by atoms with Crippen LogP contribution in [0.15, 0.2) is 41.3 Å². The molecule has 2 N–H and O–H groups in total. The maximum absolute atomic E-state index is 13.1. The van der Waals surface area contributed by atoms with Crippen molar-refractivity contribution in [2.75, 3.05) is 139 Å². The molecule has 0 unspecified atom stereocenters. The van der Waals surface area contributed by atoms with E-state index in [1.165, 1.54) is 32.1 Å². The molecule has 3 rings (SSSR count). The van der Waals surface area contributed by atoms with Crippen LogP contribution in [0.25, 0.3) is 0 Å². The number of carbonyl (C=O) groups is 1. The number of ether oxygens (including phenoxy) is 9. The molecule has 1 amide bonds. The van der Waals surface area contributed by atoms with Gasteiger partial charge in [0.1, 0.15) is 6.61 Å². The molecule has 0 saturated heterocycles. The number of likely N-dealkylation sites (N-methyl/N-ethyl adjacent to an activating group) is 1. The summed E-state index contributed by atoms with van der Waals surface area (Å²) in [7, 11) is -1.75. The molecule has 2 aromatic carbocycles. The number of amides is 1. The van der Waals surface area contributed by atoms with Crippen molar-refractivity contribution in [2.45, 2.75) is 69.2 Å². The van der Waals surface area contributed by atoms with Gasteiger partial charge in [-0.15, -0.1) is 0 Å². The molecular formula is C44H71Cl2N3O12S. The number of hydrogen-bond donors (Lipinski definition) is 2. The molecule has 0 saturated carbocycles.